The van der Waals surface area contributed by atoms with Gasteiger partial charge in [-0.05, 0) is 54.9 Å². The summed E-state index contributed by atoms with van der Waals surface area (Å²) >= 11 is 0. The van der Waals surface area contributed by atoms with E-state index in [0.717, 1.165) is 31.2 Å². The minimum absolute atomic E-state index is 0.0211. The molecule has 0 amide bonds. The first kappa shape index (κ1) is 18.9. The van der Waals surface area contributed by atoms with E-state index in [1.54, 1.807) is 19.1 Å². The molecule has 1 fully saturated rings. The van der Waals surface area contributed by atoms with Gasteiger partial charge in [-0.15, -0.1) is 0 Å². The highest BCUT2D eigenvalue weighted by molar-refractivity contribution is 5.70. The molecule has 0 saturated heterocycles. The topological polar surface area (TPSA) is 9.23 Å². The summed E-state index contributed by atoms with van der Waals surface area (Å²) in [6.07, 6.45) is 8.10. The Bertz CT molecular complexity index is 742. The Morgan fingerprint density at radius 1 is 0.885 bits per heavy atom. The van der Waals surface area contributed by atoms with Crippen LogP contribution in [0.5, 0.6) is 5.75 Å². The molecule has 0 N–H and O–H groups in total. The minimum atomic E-state index is -0.896. The molecule has 3 heteroatoms. The summed E-state index contributed by atoms with van der Waals surface area (Å²) in [5.41, 5.74) is 2.40. The second-order valence-corrected chi connectivity index (χ2v) is 7.31. The molecule has 1 aliphatic rings. The van der Waals surface area contributed by atoms with Crippen LogP contribution in [0.1, 0.15) is 64.4 Å². The van der Waals surface area contributed by atoms with Crippen molar-refractivity contribution in [2.24, 2.45) is 0 Å². The molecule has 2 aromatic carbocycles. The van der Waals surface area contributed by atoms with Crippen molar-refractivity contribution in [3.8, 4) is 16.9 Å². The molecule has 3 rings (SSSR count). The van der Waals surface area contributed by atoms with Crippen LogP contribution in [0, 0.1) is 11.6 Å². The fraction of sp³-hybridized carbons (Fsp3) is 0.478. The molecule has 140 valence electrons. The van der Waals surface area contributed by atoms with E-state index in [4.69, 9.17) is 4.74 Å². The van der Waals surface area contributed by atoms with Crippen molar-refractivity contribution in [3.63, 3.8) is 0 Å². The standard InChI is InChI=1S/C23H28F2O/c1-3-14-23(15-8-5-9-16-23)19-11-7-6-10-17(19)18-12-13-20(26-4-2)22(25)21(18)24/h6-7,10-13H,3-5,8-9,14-16H2,1-2H3. The van der Waals surface area contributed by atoms with Crippen LogP contribution >= 0.6 is 0 Å². The summed E-state index contributed by atoms with van der Waals surface area (Å²) in [6.45, 7) is 4.28. The van der Waals surface area contributed by atoms with Crippen LogP contribution in [-0.4, -0.2) is 6.61 Å². The van der Waals surface area contributed by atoms with E-state index in [2.05, 4.69) is 13.0 Å². The molecule has 0 heterocycles. The average molecular weight is 358 g/mol. The van der Waals surface area contributed by atoms with Gasteiger partial charge in [-0.3, -0.25) is 0 Å². The number of benzene rings is 2. The van der Waals surface area contributed by atoms with Gasteiger partial charge in [-0.1, -0.05) is 56.9 Å². The largest absolute Gasteiger partial charge is 0.491 e. The van der Waals surface area contributed by atoms with Crippen LogP contribution < -0.4 is 4.74 Å². The van der Waals surface area contributed by atoms with Crippen LogP contribution in [0.25, 0.3) is 11.1 Å². The molecule has 0 spiro atoms. The molecular formula is C23H28F2O. The fourth-order valence-corrected chi connectivity index (χ4v) is 4.55. The summed E-state index contributed by atoms with van der Waals surface area (Å²) in [4.78, 5) is 0. The molecule has 0 aromatic heterocycles. The van der Waals surface area contributed by atoms with Gasteiger partial charge in [0.25, 0.3) is 0 Å². The maximum absolute atomic E-state index is 14.9. The third-order valence-corrected chi connectivity index (χ3v) is 5.67. The van der Waals surface area contributed by atoms with E-state index in [-0.39, 0.29) is 11.2 Å². The van der Waals surface area contributed by atoms with E-state index in [0.29, 0.717) is 12.2 Å². The molecule has 0 radical (unpaired) electrons. The maximum atomic E-state index is 14.9. The van der Waals surface area contributed by atoms with Gasteiger partial charge in [0.05, 0.1) is 6.61 Å². The van der Waals surface area contributed by atoms with Crippen molar-refractivity contribution < 1.29 is 13.5 Å². The number of hydrogen-bond acceptors (Lipinski definition) is 1. The van der Waals surface area contributed by atoms with Gasteiger partial charge in [-0.2, -0.15) is 4.39 Å². The number of ether oxygens (including phenoxy) is 1. The molecule has 26 heavy (non-hydrogen) atoms. The van der Waals surface area contributed by atoms with Crippen molar-refractivity contribution in [2.75, 3.05) is 6.61 Å². The van der Waals surface area contributed by atoms with Gasteiger partial charge >= 0.3 is 0 Å². The average Bonchev–Trinajstić information content (AvgIpc) is 2.67. The molecule has 0 atom stereocenters. The van der Waals surface area contributed by atoms with Gasteiger partial charge in [0.1, 0.15) is 0 Å². The number of halogens is 2. The Hall–Kier alpha value is -1.90. The lowest BCUT2D eigenvalue weighted by Crippen LogP contribution is -2.29. The van der Waals surface area contributed by atoms with Crippen LogP contribution in [0.3, 0.4) is 0 Å². The van der Waals surface area contributed by atoms with Crippen molar-refractivity contribution in [3.05, 3.63) is 53.6 Å². The molecule has 0 unspecified atom stereocenters. The van der Waals surface area contributed by atoms with Crippen LogP contribution in [-0.2, 0) is 5.41 Å². The second kappa shape index (κ2) is 8.20. The lowest BCUT2D eigenvalue weighted by molar-refractivity contribution is 0.272. The van der Waals surface area contributed by atoms with Crippen molar-refractivity contribution in [2.45, 2.75) is 64.2 Å². The van der Waals surface area contributed by atoms with Gasteiger partial charge in [-0.25, -0.2) is 4.39 Å². The van der Waals surface area contributed by atoms with Gasteiger partial charge in [0.2, 0.25) is 5.82 Å². The molecule has 0 bridgehead atoms. The number of hydrogen-bond donors (Lipinski definition) is 0. The van der Waals surface area contributed by atoms with E-state index in [1.165, 1.54) is 24.8 Å². The molecule has 1 saturated carbocycles. The van der Waals surface area contributed by atoms with E-state index < -0.39 is 11.6 Å². The monoisotopic (exact) mass is 358 g/mol. The lowest BCUT2D eigenvalue weighted by atomic mass is 9.65. The SMILES string of the molecule is CCCC1(c2ccccc2-c2ccc(OCC)c(F)c2F)CCCCC1. The highest BCUT2D eigenvalue weighted by Gasteiger charge is 2.35. The number of rotatable bonds is 6. The third kappa shape index (κ3) is 3.49. The first-order valence-corrected chi connectivity index (χ1v) is 9.83. The van der Waals surface area contributed by atoms with Crippen molar-refractivity contribution in [1.29, 1.82) is 0 Å². The zero-order chi connectivity index (χ0) is 18.6. The smallest absolute Gasteiger partial charge is 0.201 e. The summed E-state index contributed by atoms with van der Waals surface area (Å²) in [5, 5.41) is 0. The lowest BCUT2D eigenvalue weighted by Gasteiger charge is -2.39. The predicted molar refractivity (Wildman–Crippen MR) is 103 cm³/mol. The van der Waals surface area contributed by atoms with Gasteiger partial charge in [0, 0.05) is 5.56 Å². The Labute approximate surface area is 155 Å². The first-order valence-electron chi connectivity index (χ1n) is 9.83. The first-order chi connectivity index (χ1) is 12.6. The molecule has 0 aliphatic heterocycles. The zero-order valence-electron chi connectivity index (χ0n) is 15.8. The Morgan fingerprint density at radius 3 is 2.31 bits per heavy atom. The molecular weight excluding hydrogens is 330 g/mol. The third-order valence-electron chi connectivity index (χ3n) is 5.67. The minimum Gasteiger partial charge on any atom is -0.491 e. The van der Waals surface area contributed by atoms with E-state index >= 15 is 0 Å². The van der Waals surface area contributed by atoms with Crippen LogP contribution in [0.4, 0.5) is 8.78 Å². The van der Waals surface area contributed by atoms with E-state index in [1.807, 2.05) is 18.2 Å². The molecule has 2 aromatic rings. The summed E-state index contributed by atoms with van der Waals surface area (Å²) in [7, 11) is 0. The van der Waals surface area contributed by atoms with Gasteiger partial charge < -0.3 is 4.74 Å². The quantitative estimate of drug-likeness (QED) is 0.538. The normalized spacial score (nSPS) is 16.5. The maximum Gasteiger partial charge on any atom is 0.201 e. The Kier molecular flexibility index (Phi) is 5.95. The highest BCUT2D eigenvalue weighted by atomic mass is 19.2. The van der Waals surface area contributed by atoms with E-state index in [9.17, 15) is 8.78 Å². The second-order valence-electron chi connectivity index (χ2n) is 7.31. The van der Waals surface area contributed by atoms with Crippen LogP contribution in [0.2, 0.25) is 0 Å². The van der Waals surface area contributed by atoms with Crippen molar-refractivity contribution in [1.82, 2.24) is 0 Å². The van der Waals surface area contributed by atoms with Gasteiger partial charge in [0.15, 0.2) is 11.6 Å². The molecule has 1 nitrogen and oxygen atoms in total. The highest BCUT2D eigenvalue weighted by Crippen LogP contribution is 2.47. The Morgan fingerprint density at radius 2 is 1.62 bits per heavy atom. The summed E-state index contributed by atoms with van der Waals surface area (Å²) in [5.74, 6) is -1.73. The molecule has 1 aliphatic carbocycles. The Balaban J connectivity index is 2.12. The summed E-state index contributed by atoms with van der Waals surface area (Å²) in [6, 6.07) is 11.2. The zero-order valence-corrected chi connectivity index (χ0v) is 15.8. The predicted octanol–water partition coefficient (Wildman–Crippen LogP) is 7.03. The van der Waals surface area contributed by atoms with Crippen LogP contribution in [0.15, 0.2) is 36.4 Å². The fourth-order valence-electron chi connectivity index (χ4n) is 4.55. The van der Waals surface area contributed by atoms with Crippen molar-refractivity contribution >= 4 is 0 Å². The summed E-state index contributed by atoms with van der Waals surface area (Å²) < 4.78 is 34.5.